The van der Waals surface area contributed by atoms with E-state index < -0.39 is 0 Å². The summed E-state index contributed by atoms with van der Waals surface area (Å²) in [5.74, 6) is 0.994. The molecular formula is C16H25NO. The molecule has 1 aromatic rings. The average molecular weight is 247 g/mol. The minimum absolute atomic E-state index is 0.518. The lowest BCUT2D eigenvalue weighted by atomic mass is 9.67. The van der Waals surface area contributed by atoms with Gasteiger partial charge in [-0.25, -0.2) is 0 Å². The smallest absolute Gasteiger partial charge is 0.119 e. The molecule has 2 heteroatoms. The Hall–Kier alpha value is -1.02. The van der Waals surface area contributed by atoms with Gasteiger partial charge in [0.2, 0.25) is 0 Å². The van der Waals surface area contributed by atoms with Crippen LogP contribution < -0.4 is 10.1 Å². The van der Waals surface area contributed by atoms with Gasteiger partial charge in [0, 0.05) is 6.54 Å². The molecular weight excluding hydrogens is 222 g/mol. The Morgan fingerprint density at radius 2 is 2.00 bits per heavy atom. The Morgan fingerprint density at radius 1 is 1.22 bits per heavy atom. The molecule has 100 valence electrons. The normalized spacial score (nSPS) is 17.2. The summed E-state index contributed by atoms with van der Waals surface area (Å²) in [5, 5.41) is 3.57. The van der Waals surface area contributed by atoms with E-state index in [1.807, 2.05) is 30.3 Å². The maximum atomic E-state index is 5.82. The fraction of sp³-hybridized carbons (Fsp3) is 0.625. The molecule has 0 aliphatic heterocycles. The number of ether oxygens (including phenoxy) is 1. The van der Waals surface area contributed by atoms with Crippen LogP contribution in [0, 0.1) is 5.41 Å². The number of nitrogens with one attached hydrogen (secondary N) is 1. The van der Waals surface area contributed by atoms with E-state index in [1.54, 1.807) is 0 Å². The predicted molar refractivity (Wildman–Crippen MR) is 76.0 cm³/mol. The third kappa shape index (κ3) is 3.74. The van der Waals surface area contributed by atoms with Crippen molar-refractivity contribution in [2.45, 2.75) is 39.0 Å². The second kappa shape index (κ2) is 6.79. The maximum Gasteiger partial charge on any atom is 0.119 e. The third-order valence-corrected chi connectivity index (χ3v) is 3.99. The first-order valence-electron chi connectivity index (χ1n) is 7.23. The van der Waals surface area contributed by atoms with Crippen molar-refractivity contribution < 1.29 is 4.74 Å². The molecule has 0 spiro atoms. The van der Waals surface area contributed by atoms with Crippen LogP contribution in [0.5, 0.6) is 5.75 Å². The van der Waals surface area contributed by atoms with E-state index >= 15 is 0 Å². The minimum Gasteiger partial charge on any atom is -0.494 e. The molecule has 0 aromatic heterocycles. The van der Waals surface area contributed by atoms with Gasteiger partial charge in [0.25, 0.3) is 0 Å². The fourth-order valence-electron chi connectivity index (χ4n) is 2.62. The first-order valence-corrected chi connectivity index (χ1v) is 7.23. The van der Waals surface area contributed by atoms with Crippen molar-refractivity contribution >= 4 is 0 Å². The molecule has 18 heavy (non-hydrogen) atoms. The molecule has 1 fully saturated rings. The van der Waals surface area contributed by atoms with E-state index in [1.165, 1.54) is 38.6 Å². The van der Waals surface area contributed by atoms with Gasteiger partial charge >= 0.3 is 0 Å². The van der Waals surface area contributed by atoms with Crippen LogP contribution in [0.25, 0.3) is 0 Å². The van der Waals surface area contributed by atoms with Gasteiger partial charge in [-0.15, -0.1) is 0 Å². The van der Waals surface area contributed by atoms with Crippen molar-refractivity contribution in [3.8, 4) is 5.75 Å². The molecule has 0 unspecified atom stereocenters. The lowest BCUT2D eigenvalue weighted by Crippen LogP contribution is -2.41. The molecule has 1 saturated carbocycles. The maximum absolute atomic E-state index is 5.82. The Labute approximate surface area is 111 Å². The summed E-state index contributed by atoms with van der Waals surface area (Å²) in [4.78, 5) is 0. The first-order chi connectivity index (χ1) is 8.85. The molecule has 2 rings (SSSR count). The van der Waals surface area contributed by atoms with E-state index in [4.69, 9.17) is 4.74 Å². The topological polar surface area (TPSA) is 21.3 Å². The van der Waals surface area contributed by atoms with Crippen molar-refractivity contribution in [2.75, 3.05) is 19.7 Å². The standard InChI is InChI=1S/C16H25NO/c1-2-12-17-14-16(9-6-10-16)11-13-18-15-7-4-3-5-8-15/h3-5,7-8,17H,2,6,9-14H2,1H3. The van der Waals surface area contributed by atoms with Crippen LogP contribution in [-0.4, -0.2) is 19.7 Å². The molecule has 0 amide bonds. The Balaban J connectivity index is 1.70. The van der Waals surface area contributed by atoms with Gasteiger partial charge in [0.05, 0.1) is 6.61 Å². The van der Waals surface area contributed by atoms with Crippen LogP contribution in [0.3, 0.4) is 0 Å². The minimum atomic E-state index is 0.518. The average Bonchev–Trinajstić information content (AvgIpc) is 2.36. The first kappa shape index (κ1) is 13.4. The van der Waals surface area contributed by atoms with Gasteiger partial charge in [-0.05, 0) is 49.8 Å². The highest BCUT2D eigenvalue weighted by Gasteiger charge is 2.36. The summed E-state index contributed by atoms with van der Waals surface area (Å²) >= 11 is 0. The van der Waals surface area contributed by atoms with Crippen LogP contribution in [0.2, 0.25) is 0 Å². The summed E-state index contributed by atoms with van der Waals surface area (Å²) in [7, 11) is 0. The molecule has 0 heterocycles. The van der Waals surface area contributed by atoms with Crippen molar-refractivity contribution in [1.82, 2.24) is 5.32 Å². The fourth-order valence-corrected chi connectivity index (χ4v) is 2.62. The number of rotatable bonds is 8. The van der Waals surface area contributed by atoms with Crippen molar-refractivity contribution in [2.24, 2.45) is 5.41 Å². The van der Waals surface area contributed by atoms with Crippen LogP contribution in [-0.2, 0) is 0 Å². The van der Waals surface area contributed by atoms with Gasteiger partial charge in [-0.1, -0.05) is 31.5 Å². The zero-order valence-electron chi connectivity index (χ0n) is 11.5. The zero-order valence-corrected chi connectivity index (χ0v) is 11.5. The van der Waals surface area contributed by atoms with Crippen molar-refractivity contribution in [3.63, 3.8) is 0 Å². The van der Waals surface area contributed by atoms with E-state index in [-0.39, 0.29) is 0 Å². The molecule has 0 saturated heterocycles. The second-order valence-electron chi connectivity index (χ2n) is 5.44. The highest BCUT2D eigenvalue weighted by Crippen LogP contribution is 2.43. The molecule has 0 radical (unpaired) electrons. The van der Waals surface area contributed by atoms with E-state index in [0.29, 0.717) is 5.41 Å². The summed E-state index contributed by atoms with van der Waals surface area (Å²) in [5.41, 5.74) is 0.518. The summed E-state index contributed by atoms with van der Waals surface area (Å²) < 4.78 is 5.82. The van der Waals surface area contributed by atoms with Crippen LogP contribution >= 0.6 is 0 Å². The molecule has 1 aromatic carbocycles. The number of hydrogen-bond donors (Lipinski definition) is 1. The highest BCUT2D eigenvalue weighted by atomic mass is 16.5. The van der Waals surface area contributed by atoms with Gasteiger partial charge in [-0.2, -0.15) is 0 Å². The van der Waals surface area contributed by atoms with Crippen molar-refractivity contribution in [3.05, 3.63) is 30.3 Å². The van der Waals surface area contributed by atoms with Gasteiger partial charge in [0.15, 0.2) is 0 Å². The monoisotopic (exact) mass is 247 g/mol. The number of benzene rings is 1. The lowest BCUT2D eigenvalue weighted by Gasteiger charge is -2.42. The van der Waals surface area contributed by atoms with Crippen LogP contribution in [0.1, 0.15) is 39.0 Å². The third-order valence-electron chi connectivity index (χ3n) is 3.99. The second-order valence-corrected chi connectivity index (χ2v) is 5.44. The Morgan fingerprint density at radius 3 is 2.61 bits per heavy atom. The summed E-state index contributed by atoms with van der Waals surface area (Å²) in [6, 6.07) is 10.1. The number of hydrogen-bond acceptors (Lipinski definition) is 2. The summed E-state index contributed by atoms with van der Waals surface area (Å²) in [6.07, 6.45) is 6.51. The molecule has 1 aliphatic carbocycles. The largest absolute Gasteiger partial charge is 0.494 e. The van der Waals surface area contributed by atoms with E-state index in [0.717, 1.165) is 18.9 Å². The van der Waals surface area contributed by atoms with E-state index in [2.05, 4.69) is 12.2 Å². The highest BCUT2D eigenvalue weighted by molar-refractivity contribution is 5.20. The summed E-state index contributed by atoms with van der Waals surface area (Å²) in [6.45, 7) is 5.37. The Kier molecular flexibility index (Phi) is 5.06. The Bertz CT molecular complexity index is 332. The van der Waals surface area contributed by atoms with Gasteiger partial charge in [0.1, 0.15) is 5.75 Å². The van der Waals surface area contributed by atoms with Gasteiger partial charge < -0.3 is 10.1 Å². The quantitative estimate of drug-likeness (QED) is 0.708. The molecule has 1 aliphatic rings. The predicted octanol–water partition coefficient (Wildman–Crippen LogP) is 3.63. The number of para-hydroxylation sites is 1. The SMILES string of the molecule is CCCNCC1(CCOc2ccccc2)CCC1. The van der Waals surface area contributed by atoms with Crippen LogP contribution in [0.15, 0.2) is 30.3 Å². The van der Waals surface area contributed by atoms with Gasteiger partial charge in [-0.3, -0.25) is 0 Å². The van der Waals surface area contributed by atoms with E-state index in [9.17, 15) is 0 Å². The molecule has 0 atom stereocenters. The lowest BCUT2D eigenvalue weighted by molar-refractivity contribution is 0.0923. The molecule has 2 nitrogen and oxygen atoms in total. The zero-order chi connectivity index (χ0) is 12.7. The molecule has 0 bridgehead atoms. The van der Waals surface area contributed by atoms with Crippen LogP contribution in [0.4, 0.5) is 0 Å². The van der Waals surface area contributed by atoms with Crippen molar-refractivity contribution in [1.29, 1.82) is 0 Å². The molecule has 1 N–H and O–H groups in total.